The molecule has 2 aromatic carbocycles. The SMILES string of the molecule is COc1ccc(C(=O)O[C@H](C)C(=O)c2ccc(F)cc2)cc1S(=O)(=O)N1CCCC[C@H]1C. The van der Waals surface area contributed by atoms with Crippen LogP contribution in [-0.2, 0) is 14.8 Å². The average Bonchev–Trinajstić information content (AvgIpc) is 2.78. The maximum Gasteiger partial charge on any atom is 0.338 e. The van der Waals surface area contributed by atoms with Crippen LogP contribution < -0.4 is 4.74 Å². The lowest BCUT2D eigenvalue weighted by Gasteiger charge is -2.32. The first-order valence-corrected chi connectivity index (χ1v) is 11.8. The molecule has 7 nitrogen and oxygen atoms in total. The molecule has 1 saturated heterocycles. The first-order chi connectivity index (χ1) is 15.1. The van der Waals surface area contributed by atoms with Crippen LogP contribution in [0.15, 0.2) is 47.4 Å². The molecule has 172 valence electrons. The molecule has 0 bridgehead atoms. The van der Waals surface area contributed by atoms with E-state index in [0.29, 0.717) is 6.54 Å². The van der Waals surface area contributed by atoms with E-state index >= 15 is 0 Å². The van der Waals surface area contributed by atoms with Gasteiger partial charge in [-0.15, -0.1) is 0 Å². The van der Waals surface area contributed by atoms with Crippen molar-refractivity contribution in [1.82, 2.24) is 4.31 Å². The standard InChI is InChI=1S/C23H26FNO6S/c1-15-6-4-5-13-25(15)32(28,29)21-14-18(9-12-20(21)30-3)23(27)31-16(2)22(26)17-7-10-19(24)11-8-17/h7-12,14-16H,4-6,13H2,1-3H3/t15-,16-/m1/s1. The highest BCUT2D eigenvalue weighted by atomic mass is 32.2. The molecule has 0 N–H and O–H groups in total. The van der Waals surface area contributed by atoms with Crippen molar-refractivity contribution in [3.63, 3.8) is 0 Å². The lowest BCUT2D eigenvalue weighted by molar-refractivity contribution is 0.0318. The number of ether oxygens (including phenoxy) is 2. The van der Waals surface area contributed by atoms with Gasteiger partial charge < -0.3 is 9.47 Å². The molecule has 32 heavy (non-hydrogen) atoms. The molecule has 3 rings (SSSR count). The second kappa shape index (κ2) is 9.79. The number of carbonyl (C=O) groups is 2. The highest BCUT2D eigenvalue weighted by Crippen LogP contribution is 2.32. The summed E-state index contributed by atoms with van der Waals surface area (Å²) < 4.78 is 51.6. The Morgan fingerprint density at radius 1 is 1.09 bits per heavy atom. The third kappa shape index (κ3) is 4.99. The molecular weight excluding hydrogens is 437 g/mol. The van der Waals surface area contributed by atoms with Gasteiger partial charge in [0.05, 0.1) is 12.7 Å². The number of Topliss-reactive ketones (excluding diaryl/α,β-unsaturated/α-hetero) is 1. The summed E-state index contributed by atoms with van der Waals surface area (Å²) in [4.78, 5) is 25.0. The van der Waals surface area contributed by atoms with Crippen molar-refractivity contribution in [3.8, 4) is 5.75 Å². The molecule has 1 fully saturated rings. The quantitative estimate of drug-likeness (QED) is 0.458. The predicted molar refractivity (Wildman–Crippen MR) is 116 cm³/mol. The number of methoxy groups -OCH3 is 1. The van der Waals surface area contributed by atoms with Gasteiger partial charge in [-0.1, -0.05) is 6.42 Å². The number of hydrogen-bond donors (Lipinski definition) is 0. The second-order valence-electron chi connectivity index (χ2n) is 7.74. The number of sulfonamides is 1. The van der Waals surface area contributed by atoms with Crippen LogP contribution in [0.25, 0.3) is 0 Å². The van der Waals surface area contributed by atoms with E-state index in [1.54, 1.807) is 0 Å². The molecule has 2 aromatic rings. The van der Waals surface area contributed by atoms with Crippen LogP contribution in [0.5, 0.6) is 5.75 Å². The summed E-state index contributed by atoms with van der Waals surface area (Å²) in [6, 6.07) is 8.72. The largest absolute Gasteiger partial charge is 0.495 e. The van der Waals surface area contributed by atoms with Crippen molar-refractivity contribution in [2.75, 3.05) is 13.7 Å². The van der Waals surface area contributed by atoms with Crippen LogP contribution in [0.4, 0.5) is 4.39 Å². The molecular formula is C23H26FNO6S. The second-order valence-corrected chi connectivity index (χ2v) is 9.60. The molecule has 2 atom stereocenters. The number of nitrogens with zero attached hydrogens (tertiary/aromatic N) is 1. The summed E-state index contributed by atoms with van der Waals surface area (Å²) in [5.41, 5.74) is 0.177. The predicted octanol–water partition coefficient (Wildman–Crippen LogP) is 3.83. The molecule has 1 aliphatic heterocycles. The molecule has 0 aromatic heterocycles. The van der Waals surface area contributed by atoms with Crippen LogP contribution in [0.1, 0.15) is 53.8 Å². The highest BCUT2D eigenvalue weighted by molar-refractivity contribution is 7.89. The average molecular weight is 464 g/mol. The van der Waals surface area contributed by atoms with Gasteiger partial charge >= 0.3 is 5.97 Å². The number of halogens is 1. The van der Waals surface area contributed by atoms with E-state index in [4.69, 9.17) is 9.47 Å². The maximum atomic E-state index is 13.3. The molecule has 0 aliphatic carbocycles. The van der Waals surface area contributed by atoms with E-state index in [-0.39, 0.29) is 27.8 Å². The zero-order valence-corrected chi connectivity index (χ0v) is 19.0. The van der Waals surface area contributed by atoms with Crippen molar-refractivity contribution < 1.29 is 31.9 Å². The highest BCUT2D eigenvalue weighted by Gasteiger charge is 2.34. The third-order valence-corrected chi connectivity index (χ3v) is 7.54. The number of rotatable bonds is 7. The van der Waals surface area contributed by atoms with Gasteiger partial charge in [-0.25, -0.2) is 17.6 Å². The Morgan fingerprint density at radius 2 is 1.75 bits per heavy atom. The number of piperidine rings is 1. The van der Waals surface area contributed by atoms with E-state index in [1.807, 2.05) is 6.92 Å². The van der Waals surface area contributed by atoms with Gasteiger partial charge in [0.25, 0.3) is 0 Å². The van der Waals surface area contributed by atoms with Crippen LogP contribution in [0, 0.1) is 5.82 Å². The zero-order valence-electron chi connectivity index (χ0n) is 18.2. The fourth-order valence-corrected chi connectivity index (χ4v) is 5.57. The van der Waals surface area contributed by atoms with Crippen molar-refractivity contribution in [2.24, 2.45) is 0 Å². The first-order valence-electron chi connectivity index (χ1n) is 10.4. The summed E-state index contributed by atoms with van der Waals surface area (Å²) in [6.45, 7) is 3.65. The van der Waals surface area contributed by atoms with E-state index in [1.165, 1.54) is 48.7 Å². The Balaban J connectivity index is 1.84. The summed E-state index contributed by atoms with van der Waals surface area (Å²) in [6.07, 6.45) is 1.33. The van der Waals surface area contributed by atoms with E-state index in [9.17, 15) is 22.4 Å². The van der Waals surface area contributed by atoms with Gasteiger partial charge in [-0.3, -0.25) is 4.79 Å². The Hall–Kier alpha value is -2.78. The number of carbonyl (C=O) groups excluding carboxylic acids is 2. The zero-order chi connectivity index (χ0) is 23.5. The third-order valence-electron chi connectivity index (χ3n) is 5.51. The Kier molecular flexibility index (Phi) is 7.30. The van der Waals surface area contributed by atoms with Crippen LogP contribution in [0.2, 0.25) is 0 Å². The molecule has 0 spiro atoms. The smallest absolute Gasteiger partial charge is 0.338 e. The summed E-state index contributed by atoms with van der Waals surface area (Å²) in [5.74, 6) is -1.71. The van der Waals surface area contributed by atoms with Crippen LogP contribution in [-0.4, -0.2) is 50.3 Å². The van der Waals surface area contributed by atoms with E-state index < -0.39 is 33.7 Å². The lowest BCUT2D eigenvalue weighted by atomic mass is 10.1. The van der Waals surface area contributed by atoms with Gasteiger partial charge in [0.1, 0.15) is 16.5 Å². The van der Waals surface area contributed by atoms with Crippen LogP contribution >= 0.6 is 0 Å². The normalized spacial score (nSPS) is 18.1. The summed E-state index contributed by atoms with van der Waals surface area (Å²) in [7, 11) is -2.55. The molecule has 1 heterocycles. The number of benzene rings is 2. The Morgan fingerprint density at radius 3 is 2.38 bits per heavy atom. The van der Waals surface area contributed by atoms with Gasteiger partial charge in [0.15, 0.2) is 6.10 Å². The van der Waals surface area contributed by atoms with Crippen molar-refractivity contribution in [3.05, 3.63) is 59.4 Å². The number of esters is 1. The minimum Gasteiger partial charge on any atom is -0.495 e. The summed E-state index contributed by atoms with van der Waals surface area (Å²) >= 11 is 0. The van der Waals surface area contributed by atoms with Crippen molar-refractivity contribution >= 4 is 21.8 Å². The van der Waals surface area contributed by atoms with Crippen LogP contribution in [0.3, 0.4) is 0 Å². The molecule has 1 aliphatic rings. The molecule has 0 amide bonds. The monoisotopic (exact) mass is 463 g/mol. The van der Waals surface area contributed by atoms with Gasteiger partial charge in [0, 0.05) is 18.2 Å². The lowest BCUT2D eigenvalue weighted by Crippen LogP contribution is -2.42. The van der Waals surface area contributed by atoms with E-state index in [0.717, 1.165) is 31.4 Å². The topological polar surface area (TPSA) is 90.0 Å². The van der Waals surface area contributed by atoms with Gasteiger partial charge in [0.2, 0.25) is 15.8 Å². The maximum absolute atomic E-state index is 13.3. The Bertz CT molecular complexity index is 1100. The molecule has 0 radical (unpaired) electrons. The minimum atomic E-state index is -3.90. The summed E-state index contributed by atoms with van der Waals surface area (Å²) in [5, 5.41) is 0. The van der Waals surface area contributed by atoms with Gasteiger partial charge in [-0.05, 0) is 69.2 Å². The number of hydrogen-bond acceptors (Lipinski definition) is 6. The van der Waals surface area contributed by atoms with Crippen molar-refractivity contribution in [1.29, 1.82) is 0 Å². The number of ketones is 1. The molecule has 9 heteroatoms. The first kappa shape index (κ1) is 23.9. The molecule has 0 saturated carbocycles. The minimum absolute atomic E-state index is 0.0206. The fraction of sp³-hybridized carbons (Fsp3) is 0.391. The van der Waals surface area contributed by atoms with E-state index in [2.05, 4.69) is 0 Å². The Labute approximate surface area is 187 Å². The van der Waals surface area contributed by atoms with Crippen molar-refractivity contribution in [2.45, 2.75) is 50.2 Å². The fourth-order valence-electron chi connectivity index (χ4n) is 3.69. The van der Waals surface area contributed by atoms with Gasteiger partial charge in [-0.2, -0.15) is 4.31 Å². The molecule has 0 unspecified atom stereocenters.